The molecule has 3 heterocycles. The Labute approximate surface area is 202 Å². The van der Waals surface area contributed by atoms with E-state index in [1.54, 1.807) is 16.8 Å². The molecule has 0 unspecified atom stereocenters. The molecule has 3 aromatic rings. The minimum atomic E-state index is -0.499. The molecule has 178 valence electrons. The maximum absolute atomic E-state index is 11.8. The molecule has 0 saturated carbocycles. The van der Waals surface area contributed by atoms with Crippen LogP contribution in [-0.4, -0.2) is 41.7 Å². The van der Waals surface area contributed by atoms with Crippen molar-refractivity contribution in [2.75, 3.05) is 25.3 Å². The molecule has 5 rings (SSSR count). The van der Waals surface area contributed by atoms with E-state index in [4.69, 9.17) is 14.2 Å². The van der Waals surface area contributed by atoms with E-state index >= 15 is 0 Å². The van der Waals surface area contributed by atoms with Crippen molar-refractivity contribution in [3.05, 3.63) is 68.3 Å². The molecule has 11 nitrogen and oxygen atoms in total. The topological polar surface area (TPSA) is 130 Å². The summed E-state index contributed by atoms with van der Waals surface area (Å²) in [7, 11) is 0. The number of nitrogens with one attached hydrogen (secondary N) is 1. The fourth-order valence-electron chi connectivity index (χ4n) is 3.49. The van der Waals surface area contributed by atoms with E-state index in [1.165, 1.54) is 29.7 Å². The normalized spacial score (nSPS) is 14.5. The second-order valence-electron chi connectivity index (χ2n) is 7.80. The van der Waals surface area contributed by atoms with E-state index in [1.807, 2.05) is 18.4 Å². The first-order valence-electron chi connectivity index (χ1n) is 10.4. The van der Waals surface area contributed by atoms with Gasteiger partial charge in [-0.05, 0) is 31.2 Å². The van der Waals surface area contributed by atoms with Gasteiger partial charge in [-0.25, -0.2) is 4.68 Å². The van der Waals surface area contributed by atoms with Gasteiger partial charge in [0.15, 0.2) is 18.1 Å². The fourth-order valence-corrected chi connectivity index (χ4v) is 4.33. The molecule has 0 saturated heterocycles. The summed E-state index contributed by atoms with van der Waals surface area (Å²) in [6, 6.07) is 8.24. The zero-order chi connectivity index (χ0) is 24.5. The lowest BCUT2D eigenvalue weighted by Gasteiger charge is -2.18. The van der Waals surface area contributed by atoms with Crippen molar-refractivity contribution in [1.82, 2.24) is 4.68 Å². The highest BCUT2D eigenvalue weighted by Gasteiger charge is 2.23. The first-order valence-corrected chi connectivity index (χ1v) is 11.3. The van der Waals surface area contributed by atoms with Gasteiger partial charge in [0, 0.05) is 10.9 Å². The Balaban J connectivity index is 1.60. The summed E-state index contributed by atoms with van der Waals surface area (Å²) in [4.78, 5) is 28.1. The van der Waals surface area contributed by atoms with Crippen molar-refractivity contribution in [2.45, 2.75) is 6.92 Å². The van der Waals surface area contributed by atoms with Crippen LogP contribution in [0, 0.1) is 10.1 Å². The first kappa shape index (κ1) is 22.3. The first-order chi connectivity index (χ1) is 16.9. The Hall–Kier alpha value is -4.45. The Morgan fingerprint density at radius 2 is 2.06 bits per heavy atom. The molecule has 2 aliphatic heterocycles. The molecule has 2 aromatic carbocycles. The summed E-state index contributed by atoms with van der Waals surface area (Å²) in [5, 5.41) is 20.9. The summed E-state index contributed by atoms with van der Waals surface area (Å²) in [6.07, 6.45) is 1.39. The number of carbonyl (C=O) groups excluding carboxylic acids is 1. The predicted octanol–water partition coefficient (Wildman–Crippen LogP) is 3.54. The zero-order valence-corrected chi connectivity index (χ0v) is 19.3. The van der Waals surface area contributed by atoms with Crippen LogP contribution in [0.1, 0.15) is 12.5 Å². The summed E-state index contributed by atoms with van der Waals surface area (Å²) in [6.45, 7) is 6.12. The van der Waals surface area contributed by atoms with Crippen LogP contribution in [-0.2, 0) is 4.79 Å². The van der Waals surface area contributed by atoms with Crippen LogP contribution in [0.25, 0.3) is 11.3 Å². The summed E-state index contributed by atoms with van der Waals surface area (Å²) >= 11 is 1.36. The largest absolute Gasteiger partial charge is 0.482 e. The van der Waals surface area contributed by atoms with Gasteiger partial charge in [0.05, 0.1) is 40.7 Å². The second kappa shape index (κ2) is 9.06. The van der Waals surface area contributed by atoms with E-state index in [9.17, 15) is 14.9 Å². The smallest absolute Gasteiger partial charge is 0.282 e. The number of hydrogen-bond donors (Lipinski definition) is 1. The molecule has 0 atom stereocenters. The molecule has 0 fully saturated rings. The van der Waals surface area contributed by atoms with Crippen molar-refractivity contribution in [3.63, 3.8) is 0 Å². The fraction of sp³-hybridized carbons (Fsp3) is 0.174. The molecular weight excluding hydrogens is 474 g/mol. The number of nitro groups is 1. The summed E-state index contributed by atoms with van der Waals surface area (Å²) < 4.78 is 17.7. The van der Waals surface area contributed by atoms with Crippen molar-refractivity contribution < 1.29 is 23.9 Å². The number of aromatic nitrogens is 1. The minimum absolute atomic E-state index is 0.000966. The van der Waals surface area contributed by atoms with Gasteiger partial charge in [-0.15, -0.1) is 11.3 Å². The Morgan fingerprint density at radius 3 is 2.83 bits per heavy atom. The van der Waals surface area contributed by atoms with E-state index in [0.29, 0.717) is 40.0 Å². The van der Waals surface area contributed by atoms with Crippen LogP contribution >= 0.6 is 11.3 Å². The number of nitro benzene ring substituents is 1. The third-order valence-corrected chi connectivity index (χ3v) is 5.96. The van der Waals surface area contributed by atoms with Crippen LogP contribution in [0.2, 0.25) is 0 Å². The highest BCUT2D eigenvalue weighted by atomic mass is 32.1. The van der Waals surface area contributed by atoms with Gasteiger partial charge in [-0.2, -0.15) is 5.10 Å². The van der Waals surface area contributed by atoms with E-state index in [-0.39, 0.29) is 30.6 Å². The second-order valence-corrected chi connectivity index (χ2v) is 8.64. The van der Waals surface area contributed by atoms with Crippen LogP contribution in [0.4, 0.5) is 11.4 Å². The van der Waals surface area contributed by atoms with Gasteiger partial charge in [-0.3, -0.25) is 19.9 Å². The number of amides is 1. The van der Waals surface area contributed by atoms with Gasteiger partial charge in [-0.1, -0.05) is 12.2 Å². The Kier molecular flexibility index (Phi) is 5.79. The lowest BCUT2D eigenvalue weighted by atomic mass is 10.1. The standard InChI is InChI=1S/C23H19N5O6S/c1-13(2)8-24-23-27(25-9-15-6-20-21(34-12-33-20)7-17(15)28(30)31)18(11-35-23)14-3-4-19-16(5-14)26-22(29)10-32-19/h3-7,9,11H,1,8,10,12H2,2H3,(H,26,29). The number of ether oxygens (including phenoxy) is 3. The number of hydrogen-bond acceptors (Lipinski definition) is 9. The van der Waals surface area contributed by atoms with Crippen LogP contribution in [0.15, 0.2) is 58.0 Å². The number of anilines is 1. The third kappa shape index (κ3) is 4.51. The number of thiazole rings is 1. The molecular formula is C23H19N5O6S. The van der Waals surface area contributed by atoms with E-state index in [2.05, 4.69) is 22.0 Å². The molecule has 0 spiro atoms. The molecule has 0 radical (unpaired) electrons. The van der Waals surface area contributed by atoms with Crippen LogP contribution in [0.3, 0.4) is 0 Å². The number of fused-ring (bicyclic) bond motifs is 2. The number of nitrogens with zero attached hydrogens (tertiary/aromatic N) is 4. The molecule has 1 N–H and O–H groups in total. The molecule has 0 aliphatic carbocycles. The molecule has 1 aromatic heterocycles. The Bertz CT molecular complexity index is 1470. The molecule has 1 amide bonds. The average molecular weight is 494 g/mol. The molecule has 0 bridgehead atoms. The maximum Gasteiger partial charge on any atom is 0.282 e. The third-order valence-electron chi connectivity index (χ3n) is 5.11. The minimum Gasteiger partial charge on any atom is -0.482 e. The van der Waals surface area contributed by atoms with Crippen LogP contribution in [0.5, 0.6) is 17.2 Å². The SMILES string of the molecule is C=C(C)CN=c1scc(-c2ccc3c(c2)NC(=O)CO3)n1N=Cc1cc2c(cc1[N+](=O)[O-])OCO2. The zero-order valence-electron chi connectivity index (χ0n) is 18.5. The van der Waals surface area contributed by atoms with Crippen molar-refractivity contribution in [2.24, 2.45) is 10.1 Å². The van der Waals surface area contributed by atoms with Gasteiger partial charge >= 0.3 is 0 Å². The van der Waals surface area contributed by atoms with Gasteiger partial charge < -0.3 is 19.5 Å². The van der Waals surface area contributed by atoms with Crippen molar-refractivity contribution in [3.8, 4) is 28.5 Å². The highest BCUT2D eigenvalue weighted by molar-refractivity contribution is 7.07. The lowest BCUT2D eigenvalue weighted by Crippen LogP contribution is -2.25. The van der Waals surface area contributed by atoms with Gasteiger partial charge in [0.2, 0.25) is 11.6 Å². The van der Waals surface area contributed by atoms with Crippen LogP contribution < -0.4 is 24.3 Å². The van der Waals surface area contributed by atoms with Gasteiger partial charge in [0.25, 0.3) is 11.6 Å². The summed E-state index contributed by atoms with van der Waals surface area (Å²) in [5.41, 5.74) is 2.94. The number of carbonyl (C=O) groups is 1. The summed E-state index contributed by atoms with van der Waals surface area (Å²) in [5.74, 6) is 1.05. The Morgan fingerprint density at radius 1 is 1.26 bits per heavy atom. The number of rotatable bonds is 6. The van der Waals surface area contributed by atoms with Crippen molar-refractivity contribution >= 4 is 34.8 Å². The monoisotopic (exact) mass is 493 g/mol. The van der Waals surface area contributed by atoms with Gasteiger partial charge in [0.1, 0.15) is 5.75 Å². The predicted molar refractivity (Wildman–Crippen MR) is 129 cm³/mol. The molecule has 12 heteroatoms. The van der Waals surface area contributed by atoms with E-state index < -0.39 is 4.92 Å². The lowest BCUT2D eigenvalue weighted by molar-refractivity contribution is -0.385. The molecule has 2 aliphatic rings. The highest BCUT2D eigenvalue weighted by Crippen LogP contribution is 2.37. The maximum atomic E-state index is 11.8. The number of benzene rings is 2. The van der Waals surface area contributed by atoms with Crippen molar-refractivity contribution in [1.29, 1.82) is 0 Å². The quantitative estimate of drug-likeness (QED) is 0.242. The average Bonchev–Trinajstić information content (AvgIpc) is 3.46. The molecule has 35 heavy (non-hydrogen) atoms. The van der Waals surface area contributed by atoms with E-state index in [0.717, 1.165) is 11.1 Å².